The molecule has 2 heterocycles. The first kappa shape index (κ1) is 16.0. The van der Waals surface area contributed by atoms with Crippen LogP contribution in [0.3, 0.4) is 0 Å². The molecule has 1 amide bonds. The Morgan fingerprint density at radius 3 is 2.95 bits per heavy atom. The number of pyridine rings is 1. The van der Waals surface area contributed by atoms with Crippen molar-refractivity contribution in [3.8, 4) is 0 Å². The molecule has 0 radical (unpaired) electrons. The monoisotopic (exact) mass is 311 g/mol. The highest BCUT2D eigenvalue weighted by Crippen LogP contribution is 2.19. The molecule has 6 nitrogen and oxygen atoms in total. The third kappa shape index (κ3) is 4.06. The van der Waals surface area contributed by atoms with Crippen molar-refractivity contribution in [3.63, 3.8) is 0 Å². The lowest BCUT2D eigenvalue weighted by atomic mass is 10.1. The van der Waals surface area contributed by atoms with Gasteiger partial charge in [0.1, 0.15) is 11.5 Å². The van der Waals surface area contributed by atoms with Gasteiger partial charge in [0.2, 0.25) is 0 Å². The molecule has 0 spiro atoms. The molecule has 1 atom stereocenters. The first-order chi connectivity index (χ1) is 10.0. The molecule has 0 bridgehead atoms. The van der Waals surface area contributed by atoms with Crippen LogP contribution in [0.15, 0.2) is 12.1 Å². The standard InChI is InChI=1S/C14H22ClN5O/c1-9(2)20-6-5-10(8-20)7-17-14(21)13-11(15)3-4-12(18-13)19-16/h3-4,9-10H,5-8,16H2,1-2H3,(H,17,21)(H,18,19). The molecule has 4 N–H and O–H groups in total. The van der Waals surface area contributed by atoms with E-state index in [0.29, 0.717) is 29.3 Å². The number of rotatable bonds is 5. The van der Waals surface area contributed by atoms with Gasteiger partial charge in [-0.2, -0.15) is 0 Å². The van der Waals surface area contributed by atoms with Crippen molar-refractivity contribution in [1.82, 2.24) is 15.2 Å². The number of likely N-dealkylation sites (tertiary alicyclic amines) is 1. The highest BCUT2D eigenvalue weighted by molar-refractivity contribution is 6.33. The molecule has 1 aromatic heterocycles. The predicted octanol–water partition coefficient (Wildman–Crippen LogP) is 1.48. The van der Waals surface area contributed by atoms with Crippen LogP contribution in [0.1, 0.15) is 30.8 Å². The highest BCUT2D eigenvalue weighted by atomic mass is 35.5. The number of halogens is 1. The summed E-state index contributed by atoms with van der Waals surface area (Å²) in [5, 5.41) is 3.23. The van der Waals surface area contributed by atoms with Crippen LogP contribution in [0.25, 0.3) is 0 Å². The maximum Gasteiger partial charge on any atom is 0.271 e. The fraction of sp³-hybridized carbons (Fsp3) is 0.571. The van der Waals surface area contributed by atoms with Crippen LogP contribution in [0.4, 0.5) is 5.82 Å². The summed E-state index contributed by atoms with van der Waals surface area (Å²) in [6, 6.07) is 3.78. The number of hydrogen-bond acceptors (Lipinski definition) is 5. The maximum absolute atomic E-state index is 12.2. The Morgan fingerprint density at radius 2 is 2.33 bits per heavy atom. The Balaban J connectivity index is 1.91. The Bertz CT molecular complexity index is 508. The summed E-state index contributed by atoms with van der Waals surface area (Å²) >= 11 is 6.01. The molecule has 1 aromatic rings. The average molecular weight is 312 g/mol. The van der Waals surface area contributed by atoms with Crippen LogP contribution in [0, 0.1) is 5.92 Å². The SMILES string of the molecule is CC(C)N1CCC(CNC(=O)c2nc(NN)ccc2Cl)C1. The summed E-state index contributed by atoms with van der Waals surface area (Å²) in [6.07, 6.45) is 1.10. The first-order valence-electron chi connectivity index (χ1n) is 7.16. The molecule has 0 aliphatic carbocycles. The number of nitrogen functional groups attached to an aromatic ring is 1. The lowest BCUT2D eigenvalue weighted by Gasteiger charge is -2.20. The molecular weight excluding hydrogens is 290 g/mol. The van der Waals surface area contributed by atoms with Gasteiger partial charge in [0, 0.05) is 19.1 Å². The van der Waals surface area contributed by atoms with Gasteiger partial charge in [-0.1, -0.05) is 11.6 Å². The zero-order chi connectivity index (χ0) is 15.4. The summed E-state index contributed by atoms with van der Waals surface area (Å²) in [6.45, 7) is 7.12. The van der Waals surface area contributed by atoms with E-state index < -0.39 is 0 Å². The number of amides is 1. The van der Waals surface area contributed by atoms with E-state index in [2.05, 4.69) is 34.5 Å². The van der Waals surface area contributed by atoms with Crippen LogP contribution in [0.2, 0.25) is 5.02 Å². The second kappa shape index (κ2) is 7.06. The minimum atomic E-state index is -0.264. The second-order valence-corrected chi connectivity index (χ2v) is 6.03. The normalized spacial score (nSPS) is 19.0. The molecule has 1 aliphatic heterocycles. The van der Waals surface area contributed by atoms with Gasteiger partial charge in [-0.3, -0.25) is 4.79 Å². The Labute approximate surface area is 130 Å². The maximum atomic E-state index is 12.2. The van der Waals surface area contributed by atoms with Gasteiger partial charge in [0.15, 0.2) is 0 Å². The average Bonchev–Trinajstić information content (AvgIpc) is 2.94. The second-order valence-electron chi connectivity index (χ2n) is 5.62. The third-order valence-corrected chi connectivity index (χ3v) is 4.11. The van der Waals surface area contributed by atoms with Crippen molar-refractivity contribution in [2.75, 3.05) is 25.1 Å². The van der Waals surface area contributed by atoms with E-state index in [-0.39, 0.29) is 11.6 Å². The van der Waals surface area contributed by atoms with Crippen molar-refractivity contribution in [2.24, 2.45) is 11.8 Å². The van der Waals surface area contributed by atoms with Crippen molar-refractivity contribution in [2.45, 2.75) is 26.3 Å². The first-order valence-corrected chi connectivity index (χ1v) is 7.54. The minimum absolute atomic E-state index is 0.200. The molecule has 2 rings (SSSR count). The molecule has 21 heavy (non-hydrogen) atoms. The van der Waals surface area contributed by atoms with Gasteiger partial charge in [0.25, 0.3) is 5.91 Å². The smallest absolute Gasteiger partial charge is 0.271 e. The van der Waals surface area contributed by atoms with Crippen LogP contribution < -0.4 is 16.6 Å². The highest BCUT2D eigenvalue weighted by Gasteiger charge is 2.25. The topological polar surface area (TPSA) is 83.3 Å². The van der Waals surface area contributed by atoms with Crippen molar-refractivity contribution < 1.29 is 4.79 Å². The number of carbonyl (C=O) groups is 1. The van der Waals surface area contributed by atoms with E-state index >= 15 is 0 Å². The predicted molar refractivity (Wildman–Crippen MR) is 84.2 cm³/mol. The molecule has 1 fully saturated rings. The number of hydrazine groups is 1. The third-order valence-electron chi connectivity index (χ3n) is 3.81. The van der Waals surface area contributed by atoms with Crippen LogP contribution in [0.5, 0.6) is 0 Å². The number of carbonyl (C=O) groups excluding carboxylic acids is 1. The van der Waals surface area contributed by atoms with E-state index in [1.807, 2.05) is 0 Å². The van der Waals surface area contributed by atoms with Gasteiger partial charge in [0.05, 0.1) is 5.02 Å². The van der Waals surface area contributed by atoms with Gasteiger partial charge in [-0.05, 0) is 44.9 Å². The van der Waals surface area contributed by atoms with Crippen molar-refractivity contribution >= 4 is 23.3 Å². The van der Waals surface area contributed by atoms with Gasteiger partial charge >= 0.3 is 0 Å². The Hall–Kier alpha value is -1.37. The number of anilines is 1. The molecule has 1 aliphatic rings. The number of nitrogens with zero attached hydrogens (tertiary/aromatic N) is 2. The Morgan fingerprint density at radius 1 is 1.57 bits per heavy atom. The Kier molecular flexibility index (Phi) is 5.39. The summed E-state index contributed by atoms with van der Waals surface area (Å²) < 4.78 is 0. The summed E-state index contributed by atoms with van der Waals surface area (Å²) in [4.78, 5) is 18.7. The summed E-state index contributed by atoms with van der Waals surface area (Å²) in [5.74, 6) is 5.92. The van der Waals surface area contributed by atoms with E-state index in [4.69, 9.17) is 17.4 Å². The van der Waals surface area contributed by atoms with E-state index in [1.54, 1.807) is 12.1 Å². The molecule has 0 saturated carbocycles. The zero-order valence-corrected chi connectivity index (χ0v) is 13.2. The molecule has 1 unspecified atom stereocenters. The number of hydrogen-bond donors (Lipinski definition) is 3. The van der Waals surface area contributed by atoms with Gasteiger partial charge in [-0.25, -0.2) is 10.8 Å². The number of nitrogens with two attached hydrogens (primary N) is 1. The van der Waals surface area contributed by atoms with E-state index in [9.17, 15) is 4.79 Å². The lowest BCUT2D eigenvalue weighted by molar-refractivity contribution is 0.0942. The zero-order valence-electron chi connectivity index (χ0n) is 12.4. The lowest BCUT2D eigenvalue weighted by Crippen LogP contribution is -2.33. The summed E-state index contributed by atoms with van der Waals surface area (Å²) in [7, 11) is 0. The fourth-order valence-corrected chi connectivity index (χ4v) is 2.69. The molecule has 7 heteroatoms. The number of nitrogens with one attached hydrogen (secondary N) is 2. The quantitative estimate of drug-likeness (QED) is 0.567. The van der Waals surface area contributed by atoms with Crippen molar-refractivity contribution in [3.05, 3.63) is 22.8 Å². The largest absolute Gasteiger partial charge is 0.350 e. The molecule has 1 saturated heterocycles. The fourth-order valence-electron chi connectivity index (χ4n) is 2.50. The van der Waals surface area contributed by atoms with Gasteiger partial charge < -0.3 is 15.6 Å². The summed E-state index contributed by atoms with van der Waals surface area (Å²) in [5.41, 5.74) is 2.61. The molecule has 0 aromatic carbocycles. The van der Waals surface area contributed by atoms with Crippen LogP contribution >= 0.6 is 11.6 Å². The molecular formula is C14H22ClN5O. The molecule has 116 valence electrons. The van der Waals surface area contributed by atoms with Crippen molar-refractivity contribution in [1.29, 1.82) is 0 Å². The van der Waals surface area contributed by atoms with Crippen LogP contribution in [-0.2, 0) is 0 Å². The van der Waals surface area contributed by atoms with Crippen LogP contribution in [-0.4, -0.2) is 41.5 Å². The van der Waals surface area contributed by atoms with Gasteiger partial charge in [-0.15, -0.1) is 0 Å². The van der Waals surface area contributed by atoms with E-state index in [0.717, 1.165) is 19.5 Å². The van der Waals surface area contributed by atoms with E-state index in [1.165, 1.54) is 0 Å². The minimum Gasteiger partial charge on any atom is -0.350 e. The number of aromatic nitrogens is 1.